The van der Waals surface area contributed by atoms with E-state index in [2.05, 4.69) is 5.32 Å². The maximum atomic E-state index is 13.3. The average molecular weight is 216 g/mol. The van der Waals surface area contributed by atoms with E-state index < -0.39 is 18.0 Å². The van der Waals surface area contributed by atoms with Crippen LogP contribution < -0.4 is 5.32 Å². The summed E-state index contributed by atoms with van der Waals surface area (Å²) in [6, 6.07) is 4.28. The van der Waals surface area contributed by atoms with Crippen LogP contribution in [0.25, 0.3) is 0 Å². The minimum atomic E-state index is -0.556. The lowest BCUT2D eigenvalue weighted by atomic mass is 10.1. The summed E-state index contributed by atoms with van der Waals surface area (Å²) in [5, 5.41) is 2.77. The summed E-state index contributed by atoms with van der Waals surface area (Å²) < 4.78 is 18.2. The molecule has 1 aromatic rings. The molecule has 3 nitrogen and oxygen atoms in total. The van der Waals surface area contributed by atoms with E-state index in [0.717, 1.165) is 0 Å². The number of halogens is 2. The molecule has 14 heavy (non-hydrogen) atoms. The molecule has 1 aliphatic heterocycles. The number of carbonyl (C=O) groups excluding carboxylic acids is 1. The molecule has 2 rings (SSSR count). The molecule has 1 aliphatic rings. The Kier molecular flexibility index (Phi) is 2.29. The quantitative estimate of drug-likeness (QED) is 0.781. The van der Waals surface area contributed by atoms with Crippen LogP contribution in [0.1, 0.15) is 11.7 Å². The molecule has 1 fully saturated rings. The Morgan fingerprint density at radius 1 is 1.57 bits per heavy atom. The third-order valence-corrected chi connectivity index (χ3v) is 2.23. The molecule has 1 atom stereocenters. The minimum absolute atomic E-state index is 0.289. The van der Waals surface area contributed by atoms with Gasteiger partial charge in [0, 0.05) is 10.6 Å². The second kappa shape index (κ2) is 3.46. The van der Waals surface area contributed by atoms with Crippen LogP contribution in [0.4, 0.5) is 9.18 Å². The maximum absolute atomic E-state index is 13.3. The van der Waals surface area contributed by atoms with Crippen molar-refractivity contribution < 1.29 is 13.9 Å². The van der Waals surface area contributed by atoms with Gasteiger partial charge in [-0.25, -0.2) is 9.18 Å². The monoisotopic (exact) mass is 215 g/mol. The highest BCUT2D eigenvalue weighted by Gasteiger charge is 2.26. The predicted molar refractivity (Wildman–Crippen MR) is 48.6 cm³/mol. The van der Waals surface area contributed by atoms with Crippen molar-refractivity contribution in [2.24, 2.45) is 0 Å². The van der Waals surface area contributed by atoms with Gasteiger partial charge in [-0.05, 0) is 12.1 Å². The van der Waals surface area contributed by atoms with Gasteiger partial charge in [0.05, 0.1) is 6.54 Å². The molecule has 1 amide bonds. The molecule has 1 N–H and O–H groups in total. The highest BCUT2D eigenvalue weighted by atomic mass is 35.5. The Balaban J connectivity index is 2.28. The minimum Gasteiger partial charge on any atom is -0.439 e. The summed E-state index contributed by atoms with van der Waals surface area (Å²) in [6.07, 6.45) is -1.08. The molecule has 0 aliphatic carbocycles. The summed E-state index contributed by atoms with van der Waals surface area (Å²) in [6.45, 7) is 0.289. The van der Waals surface area contributed by atoms with Crippen LogP contribution in [0, 0.1) is 5.82 Å². The van der Waals surface area contributed by atoms with Gasteiger partial charge in [-0.15, -0.1) is 0 Å². The van der Waals surface area contributed by atoms with Crippen LogP contribution in [0.5, 0.6) is 0 Å². The van der Waals surface area contributed by atoms with E-state index in [0.29, 0.717) is 10.6 Å². The molecule has 0 radical (unpaired) electrons. The largest absolute Gasteiger partial charge is 0.439 e. The van der Waals surface area contributed by atoms with Gasteiger partial charge in [-0.3, -0.25) is 0 Å². The first-order chi connectivity index (χ1) is 6.66. The zero-order valence-electron chi connectivity index (χ0n) is 7.09. The van der Waals surface area contributed by atoms with Gasteiger partial charge in [0.25, 0.3) is 0 Å². The standard InChI is InChI=1S/C9H7ClFNO2/c10-5-1-2-6(7(11)3-5)8-4-12-9(13)14-8/h1-3,8H,4H2,(H,12,13). The summed E-state index contributed by atoms with van der Waals surface area (Å²) >= 11 is 5.59. The van der Waals surface area contributed by atoms with Crippen LogP contribution in [0.2, 0.25) is 5.02 Å². The number of ether oxygens (including phenoxy) is 1. The second-order valence-corrected chi connectivity index (χ2v) is 3.38. The Labute approximate surface area is 84.8 Å². The fraction of sp³-hybridized carbons (Fsp3) is 0.222. The Hall–Kier alpha value is -1.29. The predicted octanol–water partition coefficient (Wildman–Crippen LogP) is 2.26. The highest BCUT2D eigenvalue weighted by molar-refractivity contribution is 6.30. The number of carbonyl (C=O) groups is 1. The molecule has 5 heteroatoms. The average Bonchev–Trinajstić information content (AvgIpc) is 2.51. The molecule has 1 heterocycles. The van der Waals surface area contributed by atoms with Crippen molar-refractivity contribution in [2.45, 2.75) is 6.10 Å². The van der Waals surface area contributed by atoms with E-state index in [4.69, 9.17) is 16.3 Å². The molecule has 74 valence electrons. The van der Waals surface area contributed by atoms with E-state index in [9.17, 15) is 9.18 Å². The number of amides is 1. The van der Waals surface area contributed by atoms with Crippen LogP contribution in [0.15, 0.2) is 18.2 Å². The molecular weight excluding hydrogens is 209 g/mol. The van der Waals surface area contributed by atoms with Crippen molar-refractivity contribution in [3.8, 4) is 0 Å². The summed E-state index contributed by atoms with van der Waals surface area (Å²) in [7, 11) is 0. The van der Waals surface area contributed by atoms with Crippen LogP contribution >= 0.6 is 11.6 Å². The van der Waals surface area contributed by atoms with E-state index in [1.54, 1.807) is 6.07 Å². The Morgan fingerprint density at radius 3 is 2.93 bits per heavy atom. The number of alkyl carbamates (subject to hydrolysis) is 1. The third-order valence-electron chi connectivity index (χ3n) is 1.99. The summed E-state index contributed by atoms with van der Waals surface area (Å²) in [4.78, 5) is 10.7. The normalized spacial score (nSPS) is 20.4. The van der Waals surface area contributed by atoms with Crippen molar-refractivity contribution in [3.63, 3.8) is 0 Å². The molecule has 1 unspecified atom stereocenters. The molecule has 0 bridgehead atoms. The fourth-order valence-corrected chi connectivity index (χ4v) is 1.48. The number of cyclic esters (lactones) is 1. The first-order valence-corrected chi connectivity index (χ1v) is 4.44. The van der Waals surface area contributed by atoms with Crippen LogP contribution in [0.3, 0.4) is 0 Å². The SMILES string of the molecule is O=C1NCC(c2ccc(Cl)cc2F)O1. The van der Waals surface area contributed by atoms with Gasteiger partial charge >= 0.3 is 6.09 Å². The van der Waals surface area contributed by atoms with Gasteiger partial charge < -0.3 is 10.1 Å². The first-order valence-electron chi connectivity index (χ1n) is 4.06. The lowest BCUT2D eigenvalue weighted by Gasteiger charge is -2.08. The van der Waals surface area contributed by atoms with Crippen LogP contribution in [-0.4, -0.2) is 12.6 Å². The first kappa shape index (κ1) is 9.27. The maximum Gasteiger partial charge on any atom is 0.407 e. The molecule has 0 spiro atoms. The zero-order valence-corrected chi connectivity index (χ0v) is 7.84. The highest BCUT2D eigenvalue weighted by Crippen LogP contribution is 2.25. The second-order valence-electron chi connectivity index (χ2n) is 2.94. The third kappa shape index (κ3) is 1.65. The lowest BCUT2D eigenvalue weighted by molar-refractivity contribution is 0.139. The molecular formula is C9H7ClFNO2. The molecule has 0 aromatic heterocycles. The number of benzene rings is 1. The zero-order chi connectivity index (χ0) is 10.1. The summed E-state index contributed by atoms with van der Waals surface area (Å²) in [5.74, 6) is -0.459. The van der Waals surface area contributed by atoms with Crippen molar-refractivity contribution in [1.29, 1.82) is 0 Å². The Morgan fingerprint density at radius 2 is 2.36 bits per heavy atom. The van der Waals surface area contributed by atoms with Crippen molar-refractivity contribution in [3.05, 3.63) is 34.6 Å². The van der Waals surface area contributed by atoms with Gasteiger partial charge in [-0.1, -0.05) is 17.7 Å². The van der Waals surface area contributed by atoms with E-state index in [-0.39, 0.29) is 6.54 Å². The fourth-order valence-electron chi connectivity index (χ4n) is 1.32. The number of rotatable bonds is 1. The van der Waals surface area contributed by atoms with Crippen LogP contribution in [-0.2, 0) is 4.74 Å². The Bertz CT molecular complexity index is 383. The van der Waals surface area contributed by atoms with Crippen molar-refractivity contribution >= 4 is 17.7 Å². The van der Waals surface area contributed by atoms with E-state index in [1.165, 1.54) is 12.1 Å². The molecule has 1 aromatic carbocycles. The van der Waals surface area contributed by atoms with E-state index >= 15 is 0 Å². The molecule has 1 saturated heterocycles. The lowest BCUT2D eigenvalue weighted by Crippen LogP contribution is -2.12. The number of nitrogens with one attached hydrogen (secondary N) is 1. The van der Waals surface area contributed by atoms with Gasteiger partial charge in [0.15, 0.2) is 0 Å². The van der Waals surface area contributed by atoms with Crippen molar-refractivity contribution in [2.75, 3.05) is 6.54 Å². The number of hydrogen-bond donors (Lipinski definition) is 1. The van der Waals surface area contributed by atoms with Crippen molar-refractivity contribution in [1.82, 2.24) is 5.32 Å². The smallest absolute Gasteiger partial charge is 0.407 e. The van der Waals surface area contributed by atoms with Gasteiger partial charge in [0.2, 0.25) is 0 Å². The number of hydrogen-bond acceptors (Lipinski definition) is 2. The van der Waals surface area contributed by atoms with E-state index in [1.807, 2.05) is 0 Å². The topological polar surface area (TPSA) is 38.3 Å². The molecule has 0 saturated carbocycles. The van der Waals surface area contributed by atoms with Gasteiger partial charge in [0.1, 0.15) is 11.9 Å². The van der Waals surface area contributed by atoms with Gasteiger partial charge in [-0.2, -0.15) is 0 Å². The summed E-state index contributed by atoms with van der Waals surface area (Å²) in [5.41, 5.74) is 0.341.